The number of aryl methyl sites for hydroxylation is 2. The molecular formula is C14H18N4O2. The van der Waals surface area contributed by atoms with Gasteiger partial charge in [0.1, 0.15) is 0 Å². The van der Waals surface area contributed by atoms with E-state index in [-0.39, 0.29) is 5.91 Å². The molecule has 0 atom stereocenters. The minimum absolute atomic E-state index is 0.0375. The van der Waals surface area contributed by atoms with Crippen molar-refractivity contribution >= 4 is 17.0 Å². The molecule has 0 aromatic carbocycles. The second-order valence-corrected chi connectivity index (χ2v) is 5.16. The highest BCUT2D eigenvalue weighted by Gasteiger charge is 2.22. The van der Waals surface area contributed by atoms with Crippen molar-refractivity contribution in [3.05, 3.63) is 23.0 Å². The highest BCUT2D eigenvalue weighted by atomic mass is 16.5. The molecule has 1 saturated heterocycles. The van der Waals surface area contributed by atoms with E-state index < -0.39 is 0 Å². The number of nitrogens with zero attached hydrogens (tertiary/aromatic N) is 3. The summed E-state index contributed by atoms with van der Waals surface area (Å²) < 4.78 is 5.19. The molecule has 0 unspecified atom stereocenters. The summed E-state index contributed by atoms with van der Waals surface area (Å²) in [6.07, 6.45) is 0.974. The molecule has 2 aromatic rings. The first-order chi connectivity index (χ1) is 9.66. The lowest BCUT2D eigenvalue weighted by atomic mass is 10.1. The van der Waals surface area contributed by atoms with Crippen molar-refractivity contribution in [1.29, 1.82) is 0 Å². The Morgan fingerprint density at radius 3 is 3.05 bits per heavy atom. The largest absolute Gasteiger partial charge is 0.337 e. The van der Waals surface area contributed by atoms with Gasteiger partial charge in [0.2, 0.25) is 0 Å². The van der Waals surface area contributed by atoms with Crippen LogP contribution in [0.5, 0.6) is 0 Å². The number of carbonyl (C=O) groups is 1. The van der Waals surface area contributed by atoms with E-state index in [9.17, 15) is 4.79 Å². The summed E-state index contributed by atoms with van der Waals surface area (Å²) in [4.78, 5) is 19.0. The molecule has 1 aliphatic rings. The van der Waals surface area contributed by atoms with Crippen LogP contribution in [0.3, 0.4) is 0 Å². The van der Waals surface area contributed by atoms with Crippen molar-refractivity contribution in [2.75, 3.05) is 26.2 Å². The molecule has 6 nitrogen and oxygen atoms in total. The van der Waals surface area contributed by atoms with Gasteiger partial charge in [0.25, 0.3) is 11.6 Å². The van der Waals surface area contributed by atoms with Crippen molar-refractivity contribution in [2.24, 2.45) is 0 Å². The average molecular weight is 274 g/mol. The third-order valence-electron chi connectivity index (χ3n) is 3.60. The fourth-order valence-corrected chi connectivity index (χ4v) is 2.61. The van der Waals surface area contributed by atoms with E-state index in [0.29, 0.717) is 17.0 Å². The van der Waals surface area contributed by atoms with Gasteiger partial charge in [0.15, 0.2) is 0 Å². The molecule has 1 N–H and O–H groups in total. The van der Waals surface area contributed by atoms with Crippen LogP contribution in [0.1, 0.15) is 28.2 Å². The number of fused-ring (bicyclic) bond motifs is 1. The molecule has 20 heavy (non-hydrogen) atoms. The van der Waals surface area contributed by atoms with Crippen molar-refractivity contribution in [2.45, 2.75) is 20.3 Å². The minimum atomic E-state index is 0.0375. The standard InChI is InChI=1S/C14H18N4O2/c1-9-8-11(12-10(2)17-20-13(12)16-9)14(19)18-6-3-4-15-5-7-18/h8,15H,3-7H2,1-2H3. The van der Waals surface area contributed by atoms with Gasteiger partial charge in [-0.3, -0.25) is 4.79 Å². The molecule has 1 aliphatic heterocycles. The number of hydrogen-bond donors (Lipinski definition) is 1. The molecule has 6 heteroatoms. The summed E-state index contributed by atoms with van der Waals surface area (Å²) in [5.74, 6) is 0.0375. The molecule has 106 valence electrons. The number of amides is 1. The topological polar surface area (TPSA) is 71.3 Å². The van der Waals surface area contributed by atoms with Crippen molar-refractivity contribution in [1.82, 2.24) is 20.4 Å². The van der Waals surface area contributed by atoms with Gasteiger partial charge in [-0.1, -0.05) is 5.16 Å². The maximum absolute atomic E-state index is 12.8. The zero-order chi connectivity index (χ0) is 14.1. The molecule has 0 spiro atoms. The zero-order valence-electron chi connectivity index (χ0n) is 11.8. The van der Waals surface area contributed by atoms with E-state index in [2.05, 4.69) is 15.5 Å². The van der Waals surface area contributed by atoms with Crippen LogP contribution in [-0.4, -0.2) is 47.1 Å². The summed E-state index contributed by atoms with van der Waals surface area (Å²) in [7, 11) is 0. The number of hydrogen-bond acceptors (Lipinski definition) is 5. The fraction of sp³-hybridized carbons (Fsp3) is 0.500. The van der Waals surface area contributed by atoms with Gasteiger partial charge in [-0.25, -0.2) is 4.98 Å². The van der Waals surface area contributed by atoms with Crippen LogP contribution in [0, 0.1) is 13.8 Å². The average Bonchev–Trinajstić information content (AvgIpc) is 2.68. The van der Waals surface area contributed by atoms with Gasteiger partial charge >= 0.3 is 0 Å². The first kappa shape index (κ1) is 13.1. The van der Waals surface area contributed by atoms with Gasteiger partial charge in [-0.05, 0) is 32.9 Å². The maximum atomic E-state index is 12.8. The lowest BCUT2D eigenvalue weighted by Gasteiger charge is -2.20. The SMILES string of the molecule is Cc1cc(C(=O)N2CCCNCC2)c2c(C)noc2n1. The Morgan fingerprint density at radius 2 is 2.20 bits per heavy atom. The summed E-state index contributed by atoms with van der Waals surface area (Å²) in [6.45, 7) is 7.00. The molecule has 2 aromatic heterocycles. The van der Waals surface area contributed by atoms with Crippen LogP contribution >= 0.6 is 0 Å². The molecule has 0 bridgehead atoms. The van der Waals surface area contributed by atoms with Gasteiger partial charge in [0, 0.05) is 25.3 Å². The van der Waals surface area contributed by atoms with Gasteiger partial charge in [-0.2, -0.15) is 0 Å². The smallest absolute Gasteiger partial charge is 0.258 e. The van der Waals surface area contributed by atoms with Crippen LogP contribution in [0.4, 0.5) is 0 Å². The predicted molar refractivity (Wildman–Crippen MR) is 74.7 cm³/mol. The minimum Gasteiger partial charge on any atom is -0.337 e. The summed E-state index contributed by atoms with van der Waals surface area (Å²) in [5.41, 5.74) is 2.57. The van der Waals surface area contributed by atoms with E-state index >= 15 is 0 Å². The van der Waals surface area contributed by atoms with Crippen LogP contribution < -0.4 is 5.32 Å². The van der Waals surface area contributed by atoms with Crippen LogP contribution in [0.25, 0.3) is 11.1 Å². The Morgan fingerprint density at radius 1 is 1.35 bits per heavy atom. The number of aromatic nitrogens is 2. The lowest BCUT2D eigenvalue weighted by Crippen LogP contribution is -2.34. The molecule has 3 heterocycles. The molecule has 0 aliphatic carbocycles. The molecule has 1 fully saturated rings. The van der Waals surface area contributed by atoms with E-state index in [1.807, 2.05) is 24.8 Å². The first-order valence-electron chi connectivity index (χ1n) is 6.90. The van der Waals surface area contributed by atoms with Gasteiger partial charge in [-0.15, -0.1) is 0 Å². The second kappa shape index (κ2) is 5.20. The van der Waals surface area contributed by atoms with Gasteiger partial charge in [0.05, 0.1) is 16.6 Å². The van der Waals surface area contributed by atoms with E-state index in [1.54, 1.807) is 0 Å². The number of nitrogens with one attached hydrogen (secondary N) is 1. The van der Waals surface area contributed by atoms with E-state index in [1.165, 1.54) is 0 Å². The first-order valence-corrected chi connectivity index (χ1v) is 6.90. The summed E-state index contributed by atoms with van der Waals surface area (Å²) in [5, 5.41) is 7.96. The zero-order valence-corrected chi connectivity index (χ0v) is 11.8. The molecule has 1 amide bonds. The Bertz CT molecular complexity index is 642. The van der Waals surface area contributed by atoms with Crippen molar-refractivity contribution < 1.29 is 9.32 Å². The molecule has 0 radical (unpaired) electrons. The Hall–Kier alpha value is -1.95. The van der Waals surface area contributed by atoms with E-state index in [0.717, 1.165) is 43.7 Å². The lowest BCUT2D eigenvalue weighted by molar-refractivity contribution is 0.0768. The second-order valence-electron chi connectivity index (χ2n) is 5.16. The number of pyridine rings is 1. The monoisotopic (exact) mass is 274 g/mol. The third-order valence-corrected chi connectivity index (χ3v) is 3.60. The number of rotatable bonds is 1. The maximum Gasteiger partial charge on any atom is 0.258 e. The Balaban J connectivity index is 2.03. The number of carbonyl (C=O) groups excluding carboxylic acids is 1. The van der Waals surface area contributed by atoms with Crippen LogP contribution in [0.2, 0.25) is 0 Å². The summed E-state index contributed by atoms with van der Waals surface area (Å²) >= 11 is 0. The normalized spacial score (nSPS) is 16.4. The fourth-order valence-electron chi connectivity index (χ4n) is 2.61. The van der Waals surface area contributed by atoms with Crippen molar-refractivity contribution in [3.63, 3.8) is 0 Å². The van der Waals surface area contributed by atoms with Crippen LogP contribution in [-0.2, 0) is 0 Å². The molecule has 0 saturated carbocycles. The van der Waals surface area contributed by atoms with E-state index in [4.69, 9.17) is 4.52 Å². The Labute approximate surface area is 117 Å². The van der Waals surface area contributed by atoms with Gasteiger partial charge < -0.3 is 14.7 Å². The highest BCUT2D eigenvalue weighted by Crippen LogP contribution is 2.23. The quantitative estimate of drug-likeness (QED) is 0.848. The highest BCUT2D eigenvalue weighted by molar-refractivity contribution is 6.06. The van der Waals surface area contributed by atoms with Crippen LogP contribution in [0.15, 0.2) is 10.6 Å². The third kappa shape index (κ3) is 2.27. The summed E-state index contributed by atoms with van der Waals surface area (Å²) in [6, 6.07) is 1.83. The molecule has 3 rings (SSSR count). The van der Waals surface area contributed by atoms with Crippen molar-refractivity contribution in [3.8, 4) is 0 Å². The predicted octanol–water partition coefficient (Wildman–Crippen LogP) is 1.28. The Kier molecular flexibility index (Phi) is 3.40. The molecular weight excluding hydrogens is 256 g/mol.